The molecular formula is C17H37N3. The van der Waals surface area contributed by atoms with Gasteiger partial charge >= 0.3 is 0 Å². The van der Waals surface area contributed by atoms with E-state index in [2.05, 4.69) is 49.9 Å². The van der Waals surface area contributed by atoms with Crippen LogP contribution in [0.15, 0.2) is 0 Å². The Bertz CT molecular complexity index is 240. The highest BCUT2D eigenvalue weighted by molar-refractivity contribution is 4.77. The molecule has 20 heavy (non-hydrogen) atoms. The van der Waals surface area contributed by atoms with Crippen LogP contribution in [0, 0.1) is 11.8 Å². The van der Waals surface area contributed by atoms with Gasteiger partial charge in [-0.25, -0.2) is 0 Å². The van der Waals surface area contributed by atoms with Crippen LogP contribution in [0.5, 0.6) is 0 Å². The maximum absolute atomic E-state index is 3.61. The Morgan fingerprint density at radius 3 is 2.60 bits per heavy atom. The zero-order valence-electron chi connectivity index (χ0n) is 14.5. The van der Waals surface area contributed by atoms with Gasteiger partial charge in [0.1, 0.15) is 0 Å². The summed E-state index contributed by atoms with van der Waals surface area (Å²) < 4.78 is 0. The van der Waals surface area contributed by atoms with E-state index < -0.39 is 0 Å². The third-order valence-corrected chi connectivity index (χ3v) is 4.47. The van der Waals surface area contributed by atoms with Gasteiger partial charge in [-0.05, 0) is 84.7 Å². The largest absolute Gasteiger partial charge is 0.316 e. The SMILES string of the molecule is CC(C)CNCC1CCN(CCCCN(C)C(C)C)C1. The summed E-state index contributed by atoms with van der Waals surface area (Å²) in [6.07, 6.45) is 4.07. The van der Waals surface area contributed by atoms with Crippen molar-refractivity contribution in [2.75, 3.05) is 46.3 Å². The van der Waals surface area contributed by atoms with Crippen LogP contribution in [0.1, 0.15) is 47.0 Å². The van der Waals surface area contributed by atoms with Crippen LogP contribution in [-0.4, -0.2) is 62.2 Å². The van der Waals surface area contributed by atoms with Crippen molar-refractivity contribution in [2.45, 2.75) is 53.0 Å². The predicted molar refractivity (Wildman–Crippen MR) is 89.3 cm³/mol. The lowest BCUT2D eigenvalue weighted by molar-refractivity contribution is 0.254. The predicted octanol–water partition coefficient (Wildman–Crippen LogP) is 2.67. The van der Waals surface area contributed by atoms with Gasteiger partial charge in [-0.2, -0.15) is 0 Å². The van der Waals surface area contributed by atoms with Crippen molar-refractivity contribution in [1.82, 2.24) is 15.1 Å². The van der Waals surface area contributed by atoms with E-state index in [0.29, 0.717) is 6.04 Å². The van der Waals surface area contributed by atoms with Crippen molar-refractivity contribution in [3.8, 4) is 0 Å². The minimum atomic E-state index is 0.679. The van der Waals surface area contributed by atoms with Gasteiger partial charge in [-0.15, -0.1) is 0 Å². The minimum absolute atomic E-state index is 0.679. The second-order valence-electron chi connectivity index (χ2n) is 7.29. The first-order valence-corrected chi connectivity index (χ1v) is 8.62. The molecule has 0 saturated carbocycles. The van der Waals surface area contributed by atoms with E-state index in [4.69, 9.17) is 0 Å². The number of nitrogens with zero attached hydrogens (tertiary/aromatic N) is 2. The van der Waals surface area contributed by atoms with Crippen LogP contribution < -0.4 is 5.32 Å². The first-order chi connectivity index (χ1) is 9.49. The Kier molecular flexibility index (Phi) is 8.74. The van der Waals surface area contributed by atoms with E-state index in [1.165, 1.54) is 52.0 Å². The number of rotatable bonds is 10. The molecule has 1 aliphatic heterocycles. The summed E-state index contributed by atoms with van der Waals surface area (Å²) >= 11 is 0. The third kappa shape index (κ3) is 7.61. The Balaban J connectivity index is 2.01. The molecule has 0 aromatic carbocycles. The average Bonchev–Trinajstić information content (AvgIpc) is 2.81. The summed E-state index contributed by atoms with van der Waals surface area (Å²) in [5.74, 6) is 1.65. The molecule has 120 valence electrons. The molecule has 0 radical (unpaired) electrons. The Hall–Kier alpha value is -0.120. The monoisotopic (exact) mass is 283 g/mol. The van der Waals surface area contributed by atoms with Gasteiger partial charge in [0.2, 0.25) is 0 Å². The highest BCUT2D eigenvalue weighted by atomic mass is 15.1. The van der Waals surface area contributed by atoms with Crippen LogP contribution in [0.3, 0.4) is 0 Å². The second-order valence-corrected chi connectivity index (χ2v) is 7.29. The molecule has 1 N–H and O–H groups in total. The molecule has 1 fully saturated rings. The molecule has 0 bridgehead atoms. The quantitative estimate of drug-likeness (QED) is 0.622. The maximum Gasteiger partial charge on any atom is 0.00355 e. The lowest BCUT2D eigenvalue weighted by Crippen LogP contribution is -2.30. The fourth-order valence-corrected chi connectivity index (χ4v) is 2.81. The molecule has 1 rings (SSSR count). The van der Waals surface area contributed by atoms with Crippen molar-refractivity contribution in [3.63, 3.8) is 0 Å². The lowest BCUT2D eigenvalue weighted by atomic mass is 10.1. The summed E-state index contributed by atoms with van der Waals surface area (Å²) in [5.41, 5.74) is 0. The molecule has 0 amide bonds. The highest BCUT2D eigenvalue weighted by Crippen LogP contribution is 2.16. The van der Waals surface area contributed by atoms with Crippen LogP contribution in [-0.2, 0) is 0 Å². The highest BCUT2D eigenvalue weighted by Gasteiger charge is 2.21. The van der Waals surface area contributed by atoms with E-state index in [1.54, 1.807) is 0 Å². The van der Waals surface area contributed by atoms with E-state index in [1.807, 2.05) is 0 Å². The molecule has 0 aromatic rings. The van der Waals surface area contributed by atoms with Crippen LogP contribution in [0.2, 0.25) is 0 Å². The van der Waals surface area contributed by atoms with Crippen LogP contribution in [0.25, 0.3) is 0 Å². The molecule has 1 aliphatic rings. The van der Waals surface area contributed by atoms with E-state index in [9.17, 15) is 0 Å². The Morgan fingerprint density at radius 2 is 1.95 bits per heavy atom. The van der Waals surface area contributed by atoms with Gasteiger partial charge in [0.25, 0.3) is 0 Å². The zero-order chi connectivity index (χ0) is 15.0. The molecule has 3 nitrogen and oxygen atoms in total. The summed E-state index contributed by atoms with van der Waals surface area (Å²) in [6, 6.07) is 0.679. The molecule has 0 aromatic heterocycles. The number of likely N-dealkylation sites (tertiary alicyclic amines) is 1. The van der Waals surface area contributed by atoms with Crippen molar-refractivity contribution in [2.24, 2.45) is 11.8 Å². The minimum Gasteiger partial charge on any atom is -0.316 e. The average molecular weight is 284 g/mol. The molecule has 1 heterocycles. The smallest absolute Gasteiger partial charge is 0.00355 e. The number of nitrogens with one attached hydrogen (secondary N) is 1. The molecule has 1 unspecified atom stereocenters. The van der Waals surface area contributed by atoms with Gasteiger partial charge in [0, 0.05) is 12.6 Å². The third-order valence-electron chi connectivity index (χ3n) is 4.47. The lowest BCUT2D eigenvalue weighted by Gasteiger charge is -2.22. The van der Waals surface area contributed by atoms with Gasteiger partial charge < -0.3 is 15.1 Å². The Morgan fingerprint density at radius 1 is 1.20 bits per heavy atom. The van der Waals surface area contributed by atoms with Crippen molar-refractivity contribution < 1.29 is 0 Å². The number of hydrogen-bond donors (Lipinski definition) is 1. The van der Waals surface area contributed by atoms with Crippen molar-refractivity contribution in [3.05, 3.63) is 0 Å². The van der Waals surface area contributed by atoms with Gasteiger partial charge in [-0.1, -0.05) is 13.8 Å². The topological polar surface area (TPSA) is 18.5 Å². The molecule has 1 atom stereocenters. The van der Waals surface area contributed by atoms with Crippen molar-refractivity contribution in [1.29, 1.82) is 0 Å². The molecule has 1 saturated heterocycles. The van der Waals surface area contributed by atoms with Gasteiger partial charge in [0.15, 0.2) is 0 Å². The summed E-state index contributed by atoms with van der Waals surface area (Å²) in [7, 11) is 2.23. The zero-order valence-corrected chi connectivity index (χ0v) is 14.5. The Labute approximate surface area is 127 Å². The molecule has 0 spiro atoms. The van der Waals surface area contributed by atoms with Crippen molar-refractivity contribution >= 4 is 0 Å². The van der Waals surface area contributed by atoms with E-state index in [0.717, 1.165) is 18.4 Å². The van der Waals surface area contributed by atoms with Crippen LogP contribution >= 0.6 is 0 Å². The number of unbranched alkanes of at least 4 members (excludes halogenated alkanes) is 1. The summed E-state index contributed by atoms with van der Waals surface area (Å²) in [5, 5.41) is 3.61. The van der Waals surface area contributed by atoms with E-state index >= 15 is 0 Å². The molecule has 0 aliphatic carbocycles. The fraction of sp³-hybridized carbons (Fsp3) is 1.00. The van der Waals surface area contributed by atoms with E-state index in [-0.39, 0.29) is 0 Å². The standard InChI is InChI=1S/C17H37N3/c1-15(2)12-18-13-17-8-11-20(14-17)10-7-6-9-19(5)16(3)4/h15-18H,6-14H2,1-5H3. The van der Waals surface area contributed by atoms with Gasteiger partial charge in [0.05, 0.1) is 0 Å². The van der Waals surface area contributed by atoms with Crippen LogP contribution in [0.4, 0.5) is 0 Å². The summed E-state index contributed by atoms with van der Waals surface area (Å²) in [4.78, 5) is 5.11. The maximum atomic E-state index is 3.61. The normalized spacial score (nSPS) is 20.7. The first kappa shape index (κ1) is 17.9. The molecule has 3 heteroatoms. The molecular weight excluding hydrogens is 246 g/mol. The first-order valence-electron chi connectivity index (χ1n) is 8.62. The summed E-state index contributed by atoms with van der Waals surface area (Å²) in [6.45, 7) is 16.6. The van der Waals surface area contributed by atoms with Gasteiger partial charge in [-0.3, -0.25) is 0 Å². The fourth-order valence-electron chi connectivity index (χ4n) is 2.81. The second kappa shape index (κ2) is 9.75. The number of hydrogen-bond acceptors (Lipinski definition) is 3.